The number of hydrogen-bond donors (Lipinski definition) is 1. The quantitative estimate of drug-likeness (QED) is 0.472. The van der Waals surface area contributed by atoms with Gasteiger partial charge in [0.1, 0.15) is 0 Å². The van der Waals surface area contributed by atoms with Crippen molar-refractivity contribution in [2.24, 2.45) is 5.10 Å². The van der Waals surface area contributed by atoms with Crippen molar-refractivity contribution in [3.63, 3.8) is 0 Å². The molecule has 2 fully saturated rings. The van der Waals surface area contributed by atoms with Crippen LogP contribution in [0.3, 0.4) is 0 Å². The molecule has 0 radical (unpaired) electrons. The molecule has 2 aliphatic heterocycles. The Bertz CT molecular complexity index is 1060. The van der Waals surface area contributed by atoms with Gasteiger partial charge < -0.3 is 14.4 Å². The molecule has 4 heterocycles. The van der Waals surface area contributed by atoms with Crippen LogP contribution in [0, 0.1) is 13.8 Å². The minimum Gasteiger partial charge on any atom is -0.341 e. The molecular formula is C24H30N8. The molecule has 0 atom stereocenters. The first-order valence-electron chi connectivity index (χ1n) is 11.5. The maximum atomic E-state index is 4.76. The molecule has 3 aromatic rings. The van der Waals surface area contributed by atoms with E-state index >= 15 is 0 Å². The number of aromatic nitrogens is 4. The van der Waals surface area contributed by atoms with Gasteiger partial charge in [-0.1, -0.05) is 18.2 Å². The Kier molecular flexibility index (Phi) is 5.75. The molecule has 8 heteroatoms. The van der Waals surface area contributed by atoms with Gasteiger partial charge in [0.05, 0.1) is 6.21 Å². The molecule has 32 heavy (non-hydrogen) atoms. The molecule has 0 unspecified atom stereocenters. The summed E-state index contributed by atoms with van der Waals surface area (Å²) in [5.74, 6) is 2.00. The predicted octanol–water partition coefficient (Wildman–Crippen LogP) is 3.93. The molecule has 0 spiro atoms. The summed E-state index contributed by atoms with van der Waals surface area (Å²) in [4.78, 5) is 18.6. The summed E-state index contributed by atoms with van der Waals surface area (Å²) in [6.07, 6.45) is 6.58. The van der Waals surface area contributed by atoms with Crippen molar-refractivity contribution in [1.82, 2.24) is 19.5 Å². The molecule has 1 aromatic carbocycles. The summed E-state index contributed by atoms with van der Waals surface area (Å²) in [5, 5.41) is 4.48. The summed E-state index contributed by atoms with van der Waals surface area (Å²) in [5.41, 5.74) is 7.59. The van der Waals surface area contributed by atoms with Crippen molar-refractivity contribution in [3.05, 3.63) is 53.3 Å². The van der Waals surface area contributed by atoms with Crippen LogP contribution < -0.4 is 15.2 Å². The maximum Gasteiger partial charge on any atom is 0.250 e. The molecule has 2 saturated heterocycles. The number of hydrazone groups is 1. The number of nitrogens with zero attached hydrogens (tertiary/aromatic N) is 7. The number of nitrogens with one attached hydrogen (secondary N) is 1. The molecule has 0 bridgehead atoms. The topological polar surface area (TPSA) is 74.5 Å². The Morgan fingerprint density at radius 1 is 0.844 bits per heavy atom. The van der Waals surface area contributed by atoms with Gasteiger partial charge in [0.15, 0.2) is 0 Å². The monoisotopic (exact) mass is 430 g/mol. The van der Waals surface area contributed by atoms with Crippen molar-refractivity contribution in [3.8, 4) is 5.69 Å². The van der Waals surface area contributed by atoms with E-state index in [1.807, 2.05) is 12.3 Å². The minimum atomic E-state index is 0.497. The van der Waals surface area contributed by atoms with Crippen molar-refractivity contribution >= 4 is 24.1 Å². The van der Waals surface area contributed by atoms with Crippen molar-refractivity contribution in [2.45, 2.75) is 39.5 Å². The van der Waals surface area contributed by atoms with Crippen LogP contribution in [0.4, 0.5) is 17.8 Å². The van der Waals surface area contributed by atoms with Crippen LogP contribution in [-0.2, 0) is 0 Å². The third kappa shape index (κ3) is 4.17. The highest BCUT2D eigenvalue weighted by Gasteiger charge is 2.21. The summed E-state index contributed by atoms with van der Waals surface area (Å²) < 4.78 is 2.24. The van der Waals surface area contributed by atoms with Crippen LogP contribution in [0.5, 0.6) is 0 Å². The lowest BCUT2D eigenvalue weighted by atomic mass is 10.2. The van der Waals surface area contributed by atoms with Gasteiger partial charge >= 0.3 is 0 Å². The van der Waals surface area contributed by atoms with Crippen LogP contribution in [0.25, 0.3) is 5.69 Å². The zero-order chi connectivity index (χ0) is 21.9. The zero-order valence-electron chi connectivity index (χ0n) is 18.8. The van der Waals surface area contributed by atoms with E-state index in [1.54, 1.807) is 0 Å². The molecule has 2 aromatic heterocycles. The van der Waals surface area contributed by atoms with E-state index in [4.69, 9.17) is 4.98 Å². The first-order chi connectivity index (χ1) is 15.7. The third-order valence-electron chi connectivity index (χ3n) is 6.24. The summed E-state index contributed by atoms with van der Waals surface area (Å²) in [6, 6.07) is 12.5. The molecule has 8 nitrogen and oxygen atoms in total. The summed E-state index contributed by atoms with van der Waals surface area (Å²) in [7, 11) is 0. The normalized spacial score (nSPS) is 16.4. The number of anilines is 3. The largest absolute Gasteiger partial charge is 0.341 e. The molecule has 0 amide bonds. The fraction of sp³-hybridized carbons (Fsp3) is 0.417. The molecule has 1 N–H and O–H groups in total. The molecule has 2 aliphatic rings. The summed E-state index contributed by atoms with van der Waals surface area (Å²) >= 11 is 0. The lowest BCUT2D eigenvalue weighted by molar-refractivity contribution is 0.838. The van der Waals surface area contributed by atoms with Gasteiger partial charge in [-0.05, 0) is 57.7 Å². The smallest absolute Gasteiger partial charge is 0.250 e. The second-order valence-electron chi connectivity index (χ2n) is 8.51. The highest BCUT2D eigenvalue weighted by atomic mass is 15.4. The van der Waals surface area contributed by atoms with E-state index in [1.165, 1.54) is 31.4 Å². The van der Waals surface area contributed by atoms with Gasteiger partial charge in [-0.25, -0.2) is 5.43 Å². The Morgan fingerprint density at radius 3 is 2.03 bits per heavy atom. The van der Waals surface area contributed by atoms with Crippen LogP contribution in [-0.4, -0.2) is 51.9 Å². The standard InChI is InChI=1S/C24H30N8/c1-18-16-20(19(2)32(18)21-10-4-3-5-11-21)17-25-29-22-26-23(30-12-6-7-13-30)28-24(27-22)31-14-8-9-15-31/h3-5,10-11,16-17H,6-9,12-15H2,1-2H3,(H,26,27,28,29). The number of hydrogen-bond acceptors (Lipinski definition) is 7. The maximum absolute atomic E-state index is 4.76. The summed E-state index contributed by atoms with van der Waals surface area (Å²) in [6.45, 7) is 8.22. The Labute approximate surface area is 189 Å². The fourth-order valence-corrected chi connectivity index (χ4v) is 4.57. The van der Waals surface area contributed by atoms with Crippen LogP contribution in [0.2, 0.25) is 0 Å². The van der Waals surface area contributed by atoms with E-state index in [2.05, 4.69) is 79.0 Å². The number of rotatable bonds is 6. The predicted molar refractivity (Wildman–Crippen MR) is 129 cm³/mol. The van der Waals surface area contributed by atoms with Crippen LogP contribution in [0.15, 0.2) is 41.5 Å². The average Bonchev–Trinajstić information content (AvgIpc) is 3.57. The van der Waals surface area contributed by atoms with Crippen molar-refractivity contribution in [1.29, 1.82) is 0 Å². The number of benzene rings is 1. The van der Waals surface area contributed by atoms with Gasteiger partial charge in [-0.15, -0.1) is 0 Å². The van der Waals surface area contributed by atoms with Gasteiger partial charge in [0, 0.05) is 48.8 Å². The van der Waals surface area contributed by atoms with E-state index in [9.17, 15) is 0 Å². The van der Waals surface area contributed by atoms with E-state index < -0.39 is 0 Å². The fourth-order valence-electron chi connectivity index (χ4n) is 4.57. The van der Waals surface area contributed by atoms with Gasteiger partial charge in [0.25, 0.3) is 0 Å². The SMILES string of the molecule is Cc1cc(C=NNc2nc(N3CCCC3)nc(N3CCCC3)n2)c(C)n1-c1ccccc1. The second kappa shape index (κ2) is 8.98. The van der Waals surface area contributed by atoms with Crippen LogP contribution >= 0.6 is 0 Å². The second-order valence-corrected chi connectivity index (χ2v) is 8.51. The first-order valence-corrected chi connectivity index (χ1v) is 11.5. The Balaban J connectivity index is 1.38. The molecule has 5 rings (SSSR count). The van der Waals surface area contributed by atoms with Crippen LogP contribution in [0.1, 0.15) is 42.6 Å². The third-order valence-corrected chi connectivity index (χ3v) is 6.24. The van der Waals surface area contributed by atoms with Gasteiger partial charge in [0.2, 0.25) is 17.8 Å². The number of para-hydroxylation sites is 1. The minimum absolute atomic E-state index is 0.497. The lowest BCUT2D eigenvalue weighted by Crippen LogP contribution is -2.25. The molecular weight excluding hydrogens is 400 g/mol. The van der Waals surface area contributed by atoms with E-state index in [0.717, 1.165) is 55.0 Å². The zero-order valence-corrected chi connectivity index (χ0v) is 18.8. The number of aryl methyl sites for hydroxylation is 1. The Morgan fingerprint density at radius 2 is 1.44 bits per heavy atom. The van der Waals surface area contributed by atoms with E-state index in [-0.39, 0.29) is 0 Å². The first kappa shape index (κ1) is 20.5. The van der Waals surface area contributed by atoms with Gasteiger partial charge in [-0.2, -0.15) is 20.1 Å². The highest BCUT2D eigenvalue weighted by molar-refractivity contribution is 5.82. The van der Waals surface area contributed by atoms with E-state index in [0.29, 0.717) is 5.95 Å². The molecule has 0 saturated carbocycles. The lowest BCUT2D eigenvalue weighted by Gasteiger charge is -2.20. The molecule has 0 aliphatic carbocycles. The average molecular weight is 431 g/mol. The molecule has 166 valence electrons. The Hall–Kier alpha value is -3.42. The van der Waals surface area contributed by atoms with Crippen molar-refractivity contribution in [2.75, 3.05) is 41.4 Å². The van der Waals surface area contributed by atoms with Crippen molar-refractivity contribution < 1.29 is 0 Å². The van der Waals surface area contributed by atoms with Gasteiger partial charge in [-0.3, -0.25) is 0 Å². The highest BCUT2D eigenvalue weighted by Crippen LogP contribution is 2.23.